The molecule has 0 saturated heterocycles. The van der Waals surface area contributed by atoms with Crippen LogP contribution in [-0.2, 0) is 15.7 Å². The highest BCUT2D eigenvalue weighted by Crippen LogP contribution is 2.26. The van der Waals surface area contributed by atoms with Gasteiger partial charge >= 0.3 is 0 Å². The molecular weight excluding hydrogens is 258 g/mol. The molecule has 0 fully saturated rings. The van der Waals surface area contributed by atoms with E-state index >= 15 is 0 Å². The fourth-order valence-electron chi connectivity index (χ4n) is 1.05. The van der Waals surface area contributed by atoms with Crippen LogP contribution in [0.1, 0.15) is 11.1 Å². The second kappa shape index (κ2) is 4.41. The third-order valence-electron chi connectivity index (χ3n) is 1.73. The first-order chi connectivity index (χ1) is 6.90. The van der Waals surface area contributed by atoms with Crippen molar-refractivity contribution in [2.45, 2.75) is 16.4 Å². The van der Waals surface area contributed by atoms with Gasteiger partial charge in [-0.15, -0.1) is 12.6 Å². The molecule has 0 aliphatic rings. The number of thiol groups is 1. The molecule has 15 heavy (non-hydrogen) atoms. The number of hydrogen-bond donors (Lipinski definition) is 2. The van der Waals surface area contributed by atoms with Gasteiger partial charge in [0, 0.05) is 15.6 Å². The summed E-state index contributed by atoms with van der Waals surface area (Å²) >= 11 is 3.94. The topological polar surface area (TPSA) is 78.2 Å². The molecule has 0 aliphatic carbocycles. The van der Waals surface area contributed by atoms with Gasteiger partial charge in [-0.05, 0) is 17.7 Å². The average Bonchev–Trinajstić information content (AvgIpc) is 2.16. The van der Waals surface area contributed by atoms with Crippen molar-refractivity contribution in [2.75, 3.05) is 0 Å². The van der Waals surface area contributed by atoms with Crippen LogP contribution in [0, 0.1) is 11.3 Å². The molecular formula is C8H6ClNO3S2. The first-order valence-corrected chi connectivity index (χ1v) is 6.47. The molecule has 0 spiro atoms. The Bertz CT molecular complexity index is 534. The van der Waals surface area contributed by atoms with Crippen LogP contribution >= 0.6 is 23.3 Å². The SMILES string of the molecule is N#Cc1cc(CO)c(S(=O)(=O)Cl)cc1S. The Labute approximate surface area is 96.9 Å². The predicted octanol–water partition coefficient (Wildman–Crippen LogP) is 1.27. The summed E-state index contributed by atoms with van der Waals surface area (Å²) in [4.78, 5) is -0.0235. The molecule has 1 aromatic rings. The Morgan fingerprint density at radius 1 is 1.53 bits per heavy atom. The van der Waals surface area contributed by atoms with Crippen molar-refractivity contribution < 1.29 is 13.5 Å². The number of benzene rings is 1. The molecule has 0 amide bonds. The molecule has 0 heterocycles. The van der Waals surface area contributed by atoms with Gasteiger partial charge in [-0.25, -0.2) is 8.42 Å². The van der Waals surface area contributed by atoms with Crippen molar-refractivity contribution >= 4 is 32.4 Å². The van der Waals surface area contributed by atoms with Gasteiger partial charge in [0.25, 0.3) is 9.05 Å². The monoisotopic (exact) mass is 263 g/mol. The predicted molar refractivity (Wildman–Crippen MR) is 57.4 cm³/mol. The summed E-state index contributed by atoms with van der Waals surface area (Å²) < 4.78 is 22.2. The number of rotatable bonds is 2. The van der Waals surface area contributed by atoms with E-state index in [1.54, 1.807) is 0 Å². The van der Waals surface area contributed by atoms with Crippen LogP contribution < -0.4 is 0 Å². The van der Waals surface area contributed by atoms with Crippen LogP contribution in [0.4, 0.5) is 0 Å². The number of nitriles is 1. The molecule has 80 valence electrons. The number of aliphatic hydroxyl groups excluding tert-OH is 1. The van der Waals surface area contributed by atoms with Crippen LogP contribution in [0.25, 0.3) is 0 Å². The highest BCUT2D eigenvalue weighted by atomic mass is 35.7. The van der Waals surface area contributed by atoms with Crippen molar-refractivity contribution in [3.05, 3.63) is 23.3 Å². The Morgan fingerprint density at radius 3 is 2.53 bits per heavy atom. The first-order valence-electron chi connectivity index (χ1n) is 3.71. The molecule has 0 aliphatic heterocycles. The van der Waals surface area contributed by atoms with E-state index in [2.05, 4.69) is 12.6 Å². The van der Waals surface area contributed by atoms with Gasteiger partial charge in [-0.3, -0.25) is 0 Å². The Hall–Kier alpha value is -0.740. The van der Waals surface area contributed by atoms with E-state index in [9.17, 15) is 8.42 Å². The summed E-state index contributed by atoms with van der Waals surface area (Å²) in [6.07, 6.45) is 0. The standard InChI is InChI=1S/C8H6ClNO3S2/c9-15(12,13)8-2-7(14)5(3-10)1-6(8)4-11/h1-2,11,14H,4H2. The maximum absolute atomic E-state index is 11.1. The Balaban J connectivity index is 3.57. The van der Waals surface area contributed by atoms with E-state index in [1.165, 1.54) is 6.07 Å². The van der Waals surface area contributed by atoms with Gasteiger partial charge in [0.2, 0.25) is 0 Å². The lowest BCUT2D eigenvalue weighted by atomic mass is 10.1. The summed E-state index contributed by atoms with van der Waals surface area (Å²) in [6, 6.07) is 4.22. The largest absolute Gasteiger partial charge is 0.392 e. The number of halogens is 1. The van der Waals surface area contributed by atoms with E-state index in [0.717, 1.165) is 6.07 Å². The second-order valence-corrected chi connectivity index (χ2v) is 5.70. The lowest BCUT2D eigenvalue weighted by molar-refractivity contribution is 0.278. The maximum atomic E-state index is 11.1. The molecule has 0 unspecified atom stereocenters. The molecule has 7 heteroatoms. The minimum Gasteiger partial charge on any atom is -0.392 e. The molecule has 1 aromatic carbocycles. The first kappa shape index (κ1) is 12.3. The van der Waals surface area contributed by atoms with Crippen molar-refractivity contribution in [3.63, 3.8) is 0 Å². The molecule has 1 N–H and O–H groups in total. The van der Waals surface area contributed by atoms with Crippen LogP contribution in [-0.4, -0.2) is 13.5 Å². The lowest BCUT2D eigenvalue weighted by Crippen LogP contribution is -1.99. The smallest absolute Gasteiger partial charge is 0.261 e. The molecule has 4 nitrogen and oxygen atoms in total. The lowest BCUT2D eigenvalue weighted by Gasteiger charge is -2.06. The summed E-state index contributed by atoms with van der Waals surface area (Å²) in [6.45, 7) is -0.510. The fourth-order valence-corrected chi connectivity index (χ4v) is 2.51. The number of aliphatic hydroxyl groups is 1. The number of nitrogens with zero attached hydrogens (tertiary/aromatic N) is 1. The molecule has 0 aromatic heterocycles. The normalized spacial score (nSPS) is 11.1. The third kappa shape index (κ3) is 2.63. The van der Waals surface area contributed by atoms with Crippen molar-refractivity contribution in [3.8, 4) is 6.07 Å². The second-order valence-electron chi connectivity index (χ2n) is 2.68. The number of hydrogen-bond acceptors (Lipinski definition) is 5. The molecule has 0 atom stereocenters. The summed E-state index contributed by atoms with van der Waals surface area (Å²) in [7, 11) is 1.22. The van der Waals surface area contributed by atoms with Crippen LogP contribution in [0.5, 0.6) is 0 Å². The van der Waals surface area contributed by atoms with Gasteiger partial charge in [0.1, 0.15) is 6.07 Å². The third-order valence-corrected chi connectivity index (χ3v) is 3.51. The van der Waals surface area contributed by atoms with Crippen LogP contribution in [0.2, 0.25) is 0 Å². The van der Waals surface area contributed by atoms with Gasteiger partial charge in [-0.2, -0.15) is 5.26 Å². The van der Waals surface area contributed by atoms with Crippen molar-refractivity contribution in [1.82, 2.24) is 0 Å². The zero-order valence-corrected chi connectivity index (χ0v) is 9.77. The van der Waals surface area contributed by atoms with Gasteiger partial charge in [0.15, 0.2) is 0 Å². The van der Waals surface area contributed by atoms with E-state index < -0.39 is 15.7 Å². The Kier molecular flexibility index (Phi) is 3.62. The maximum Gasteiger partial charge on any atom is 0.261 e. The fraction of sp³-hybridized carbons (Fsp3) is 0.125. The van der Waals surface area contributed by atoms with E-state index in [-0.39, 0.29) is 20.9 Å². The van der Waals surface area contributed by atoms with Crippen molar-refractivity contribution in [1.29, 1.82) is 5.26 Å². The highest BCUT2D eigenvalue weighted by Gasteiger charge is 2.17. The minimum atomic E-state index is -3.94. The van der Waals surface area contributed by atoms with Gasteiger partial charge < -0.3 is 5.11 Å². The summed E-state index contributed by atoms with van der Waals surface area (Å²) in [5, 5.41) is 17.6. The minimum absolute atomic E-state index is 0.0827. The quantitative estimate of drug-likeness (QED) is 0.622. The van der Waals surface area contributed by atoms with E-state index in [1.807, 2.05) is 6.07 Å². The summed E-state index contributed by atoms with van der Waals surface area (Å²) in [5.74, 6) is 0. The van der Waals surface area contributed by atoms with Crippen LogP contribution in [0.3, 0.4) is 0 Å². The van der Waals surface area contributed by atoms with Crippen molar-refractivity contribution in [2.24, 2.45) is 0 Å². The molecule has 0 saturated carbocycles. The van der Waals surface area contributed by atoms with Gasteiger partial charge in [0.05, 0.1) is 17.1 Å². The van der Waals surface area contributed by atoms with E-state index in [4.69, 9.17) is 21.1 Å². The van der Waals surface area contributed by atoms with Gasteiger partial charge in [-0.1, -0.05) is 0 Å². The van der Waals surface area contributed by atoms with Crippen LogP contribution in [0.15, 0.2) is 21.9 Å². The zero-order valence-electron chi connectivity index (χ0n) is 7.31. The molecule has 0 bridgehead atoms. The zero-order chi connectivity index (χ0) is 11.6. The average molecular weight is 264 g/mol. The molecule has 0 radical (unpaired) electrons. The highest BCUT2D eigenvalue weighted by molar-refractivity contribution is 8.13. The summed E-state index contributed by atoms with van der Waals surface area (Å²) in [5.41, 5.74) is 0.269. The van der Waals surface area contributed by atoms with E-state index in [0.29, 0.717) is 0 Å². The Morgan fingerprint density at radius 2 is 2.13 bits per heavy atom. The molecule has 1 rings (SSSR count).